The summed E-state index contributed by atoms with van der Waals surface area (Å²) >= 11 is 0. The summed E-state index contributed by atoms with van der Waals surface area (Å²) in [5.41, 5.74) is 1.11. The van der Waals surface area contributed by atoms with Crippen LogP contribution in [0.4, 0.5) is 0 Å². The fourth-order valence-corrected chi connectivity index (χ4v) is 3.60. The molecule has 7 heteroatoms. The van der Waals surface area contributed by atoms with E-state index in [-0.39, 0.29) is 17.9 Å². The molecule has 0 radical (unpaired) electrons. The van der Waals surface area contributed by atoms with Crippen molar-refractivity contribution in [1.29, 1.82) is 5.26 Å². The van der Waals surface area contributed by atoms with Gasteiger partial charge in [0.25, 0.3) is 0 Å². The second-order valence-electron chi connectivity index (χ2n) is 6.62. The number of aromatic nitrogens is 2. The Morgan fingerprint density at radius 1 is 1.24 bits per heavy atom. The van der Waals surface area contributed by atoms with Crippen LogP contribution in [0.2, 0.25) is 0 Å². The van der Waals surface area contributed by atoms with E-state index in [2.05, 4.69) is 21.7 Å². The number of nitrogens with zero attached hydrogens (tertiary/aromatic N) is 4. The third-order valence-corrected chi connectivity index (χ3v) is 5.03. The molecule has 3 heterocycles. The summed E-state index contributed by atoms with van der Waals surface area (Å²) in [6.07, 6.45) is 4.50. The molecule has 7 nitrogen and oxygen atoms in total. The van der Waals surface area contributed by atoms with E-state index in [0.29, 0.717) is 31.2 Å². The third-order valence-electron chi connectivity index (χ3n) is 5.03. The van der Waals surface area contributed by atoms with Gasteiger partial charge < -0.3 is 14.7 Å². The van der Waals surface area contributed by atoms with Crippen LogP contribution >= 0.6 is 0 Å². The van der Waals surface area contributed by atoms with Crippen molar-refractivity contribution in [3.63, 3.8) is 0 Å². The standard InChI is InChI=1S/C18H19N5O2/c19-11-23-9-8-13(10-23)16-21-18(25-22-16)14-6-7-15(20-17(14)24)12-4-2-1-3-5-12/h1-5,13-15H,6-10H2,(H,20,24). The summed E-state index contributed by atoms with van der Waals surface area (Å²) in [6.45, 7) is 1.33. The molecule has 1 amide bonds. The predicted molar refractivity (Wildman–Crippen MR) is 88.1 cm³/mol. The lowest BCUT2D eigenvalue weighted by molar-refractivity contribution is -0.125. The lowest BCUT2D eigenvalue weighted by Gasteiger charge is -2.27. The number of piperidine rings is 1. The Balaban J connectivity index is 1.44. The minimum atomic E-state index is -0.394. The number of nitriles is 1. The fourth-order valence-electron chi connectivity index (χ4n) is 3.60. The quantitative estimate of drug-likeness (QED) is 0.862. The van der Waals surface area contributed by atoms with Crippen LogP contribution in [0.3, 0.4) is 0 Å². The van der Waals surface area contributed by atoms with Gasteiger partial charge in [-0.3, -0.25) is 4.79 Å². The first kappa shape index (κ1) is 15.6. The molecule has 2 aliphatic heterocycles. The van der Waals surface area contributed by atoms with E-state index in [9.17, 15) is 4.79 Å². The maximum atomic E-state index is 12.5. The third kappa shape index (κ3) is 3.07. The lowest BCUT2D eigenvalue weighted by atomic mass is 9.90. The highest BCUT2D eigenvalue weighted by molar-refractivity contribution is 5.83. The molecule has 3 unspecified atom stereocenters. The van der Waals surface area contributed by atoms with Crippen LogP contribution in [-0.4, -0.2) is 34.0 Å². The number of hydrogen-bond acceptors (Lipinski definition) is 6. The highest BCUT2D eigenvalue weighted by Crippen LogP contribution is 2.33. The molecule has 25 heavy (non-hydrogen) atoms. The Labute approximate surface area is 145 Å². The van der Waals surface area contributed by atoms with Crippen LogP contribution in [0.15, 0.2) is 34.9 Å². The van der Waals surface area contributed by atoms with Gasteiger partial charge in [0.05, 0.1) is 6.04 Å². The average molecular weight is 337 g/mol. The van der Waals surface area contributed by atoms with Gasteiger partial charge in [-0.05, 0) is 24.8 Å². The van der Waals surface area contributed by atoms with Crippen molar-refractivity contribution in [2.24, 2.45) is 0 Å². The molecule has 128 valence electrons. The summed E-state index contributed by atoms with van der Waals surface area (Å²) in [4.78, 5) is 18.7. The largest absolute Gasteiger partial charge is 0.349 e. The van der Waals surface area contributed by atoms with E-state index in [1.165, 1.54) is 0 Å². The Morgan fingerprint density at radius 2 is 2.08 bits per heavy atom. The van der Waals surface area contributed by atoms with Crippen LogP contribution in [0.25, 0.3) is 0 Å². The highest BCUT2D eigenvalue weighted by Gasteiger charge is 2.35. The van der Waals surface area contributed by atoms with Gasteiger partial charge in [-0.25, -0.2) is 0 Å². The first-order valence-corrected chi connectivity index (χ1v) is 8.58. The van der Waals surface area contributed by atoms with Crippen LogP contribution in [-0.2, 0) is 4.79 Å². The van der Waals surface area contributed by atoms with E-state index in [4.69, 9.17) is 9.78 Å². The van der Waals surface area contributed by atoms with E-state index >= 15 is 0 Å². The van der Waals surface area contributed by atoms with Crippen molar-refractivity contribution in [3.8, 4) is 6.19 Å². The maximum absolute atomic E-state index is 12.5. The summed E-state index contributed by atoms with van der Waals surface area (Å²) in [7, 11) is 0. The smallest absolute Gasteiger partial charge is 0.239 e. The zero-order valence-corrected chi connectivity index (χ0v) is 13.8. The van der Waals surface area contributed by atoms with Crippen molar-refractivity contribution in [2.45, 2.75) is 37.1 Å². The number of carbonyl (C=O) groups excluding carboxylic acids is 1. The Morgan fingerprint density at radius 3 is 2.80 bits per heavy atom. The molecule has 0 saturated carbocycles. The maximum Gasteiger partial charge on any atom is 0.239 e. The Bertz CT molecular complexity index is 797. The molecule has 3 atom stereocenters. The molecule has 0 aliphatic carbocycles. The number of carbonyl (C=O) groups is 1. The van der Waals surface area contributed by atoms with Crippen LogP contribution < -0.4 is 5.32 Å². The van der Waals surface area contributed by atoms with Crippen LogP contribution in [0, 0.1) is 11.5 Å². The molecule has 2 aromatic rings. The molecule has 1 N–H and O–H groups in total. The van der Waals surface area contributed by atoms with Gasteiger partial charge in [0.15, 0.2) is 12.0 Å². The second-order valence-corrected chi connectivity index (χ2v) is 6.62. The normalized spacial score (nSPS) is 26.3. The number of rotatable bonds is 3. The minimum absolute atomic E-state index is 0.0337. The van der Waals surface area contributed by atoms with Gasteiger partial charge >= 0.3 is 0 Å². The molecule has 0 bridgehead atoms. The minimum Gasteiger partial charge on any atom is -0.349 e. The van der Waals surface area contributed by atoms with E-state index < -0.39 is 5.92 Å². The first-order valence-electron chi connectivity index (χ1n) is 8.58. The zero-order chi connectivity index (χ0) is 17.2. The van der Waals surface area contributed by atoms with E-state index in [1.54, 1.807) is 4.90 Å². The summed E-state index contributed by atoms with van der Waals surface area (Å²) in [6, 6.07) is 10.0. The van der Waals surface area contributed by atoms with Crippen LogP contribution in [0.1, 0.15) is 54.4 Å². The lowest BCUT2D eigenvalue weighted by Crippen LogP contribution is -2.38. The first-order chi connectivity index (χ1) is 12.2. The average Bonchev–Trinajstić information content (AvgIpc) is 3.31. The van der Waals surface area contributed by atoms with Crippen LogP contribution in [0.5, 0.6) is 0 Å². The number of likely N-dealkylation sites (tertiary alicyclic amines) is 1. The second kappa shape index (κ2) is 6.55. The molecule has 2 saturated heterocycles. The summed E-state index contributed by atoms with van der Waals surface area (Å²) < 4.78 is 5.37. The highest BCUT2D eigenvalue weighted by atomic mass is 16.5. The Hall–Kier alpha value is -2.88. The van der Waals surface area contributed by atoms with E-state index in [0.717, 1.165) is 18.4 Å². The molecule has 1 aromatic carbocycles. The van der Waals surface area contributed by atoms with E-state index in [1.807, 2.05) is 30.3 Å². The van der Waals surface area contributed by atoms with Gasteiger partial charge in [0.2, 0.25) is 11.8 Å². The van der Waals surface area contributed by atoms with Gasteiger partial charge in [0.1, 0.15) is 5.92 Å². The van der Waals surface area contributed by atoms with Gasteiger partial charge in [-0.1, -0.05) is 35.5 Å². The summed E-state index contributed by atoms with van der Waals surface area (Å²) in [5.74, 6) is 0.621. The molecule has 4 rings (SSSR count). The van der Waals surface area contributed by atoms with Gasteiger partial charge in [0, 0.05) is 19.0 Å². The topological polar surface area (TPSA) is 95.0 Å². The summed E-state index contributed by atoms with van der Waals surface area (Å²) in [5, 5.41) is 16.1. The number of hydrogen-bond donors (Lipinski definition) is 1. The van der Waals surface area contributed by atoms with Crippen molar-refractivity contribution >= 4 is 5.91 Å². The molecular weight excluding hydrogens is 318 g/mol. The number of amides is 1. The molecule has 2 fully saturated rings. The van der Waals surface area contributed by atoms with Crippen molar-refractivity contribution in [1.82, 2.24) is 20.4 Å². The Kier molecular flexibility index (Phi) is 4.10. The SMILES string of the molecule is N#CN1CCC(c2noc(C3CCC(c4ccccc4)NC3=O)n2)C1. The zero-order valence-electron chi connectivity index (χ0n) is 13.8. The number of benzene rings is 1. The van der Waals surface area contributed by atoms with Gasteiger partial charge in [-0.2, -0.15) is 10.2 Å². The monoisotopic (exact) mass is 337 g/mol. The molecular formula is C18H19N5O2. The number of nitrogens with one attached hydrogen (secondary N) is 1. The van der Waals surface area contributed by atoms with Crippen molar-refractivity contribution in [2.75, 3.05) is 13.1 Å². The molecule has 1 aromatic heterocycles. The molecule has 0 spiro atoms. The van der Waals surface area contributed by atoms with Crippen molar-refractivity contribution in [3.05, 3.63) is 47.6 Å². The molecule has 2 aliphatic rings. The van der Waals surface area contributed by atoms with Crippen molar-refractivity contribution < 1.29 is 9.32 Å². The fraction of sp³-hybridized carbons (Fsp3) is 0.444. The predicted octanol–water partition coefficient (Wildman–Crippen LogP) is 2.07. The van der Waals surface area contributed by atoms with Gasteiger partial charge in [-0.15, -0.1) is 0 Å².